The molecule has 154 valence electrons. The summed E-state index contributed by atoms with van der Waals surface area (Å²) in [5, 5.41) is 5.09. The summed E-state index contributed by atoms with van der Waals surface area (Å²) in [5.41, 5.74) is 1.40. The lowest BCUT2D eigenvalue weighted by atomic mass is 10.2. The van der Waals surface area contributed by atoms with E-state index in [2.05, 4.69) is 15.2 Å². The lowest BCUT2D eigenvalue weighted by molar-refractivity contribution is 0.0741. The molecule has 2 aromatic rings. The monoisotopic (exact) mass is 414 g/mol. The fraction of sp³-hybridized carbons (Fsp3) is 0.476. The molecule has 7 nitrogen and oxygen atoms in total. The number of hydrogen-bond donors (Lipinski definition) is 1. The Labute approximate surface area is 174 Å². The number of rotatable bonds is 5. The lowest BCUT2D eigenvalue weighted by Gasteiger charge is -2.36. The molecule has 1 saturated heterocycles. The van der Waals surface area contributed by atoms with Crippen molar-refractivity contribution in [2.75, 3.05) is 38.2 Å². The van der Waals surface area contributed by atoms with Crippen LogP contribution in [-0.4, -0.2) is 61.0 Å². The van der Waals surface area contributed by atoms with Crippen LogP contribution in [0.3, 0.4) is 0 Å². The van der Waals surface area contributed by atoms with Crippen LogP contribution in [0.25, 0.3) is 0 Å². The summed E-state index contributed by atoms with van der Waals surface area (Å²) in [5.74, 6) is 0.562. The van der Waals surface area contributed by atoms with Gasteiger partial charge in [-0.3, -0.25) is 9.59 Å². The Bertz CT molecular complexity index is 870. The number of para-hydroxylation sites is 2. The fourth-order valence-electron chi connectivity index (χ4n) is 4.00. The summed E-state index contributed by atoms with van der Waals surface area (Å²) in [6.07, 6.45) is 4.37. The SMILES string of the molecule is COc1ccccc1N1CCN(C(=O)c2csc(C(=O)NC3CCCC3)n2)CC1. The van der Waals surface area contributed by atoms with Crippen molar-refractivity contribution in [1.82, 2.24) is 15.2 Å². The number of benzene rings is 1. The van der Waals surface area contributed by atoms with E-state index < -0.39 is 0 Å². The Morgan fingerprint density at radius 3 is 2.59 bits per heavy atom. The zero-order chi connectivity index (χ0) is 20.2. The number of methoxy groups -OCH3 is 1. The molecule has 2 aliphatic rings. The number of carbonyl (C=O) groups excluding carboxylic acids is 2. The summed E-state index contributed by atoms with van der Waals surface area (Å²) in [6, 6.07) is 8.16. The van der Waals surface area contributed by atoms with Gasteiger partial charge in [-0.1, -0.05) is 25.0 Å². The topological polar surface area (TPSA) is 74.8 Å². The van der Waals surface area contributed by atoms with Gasteiger partial charge in [0, 0.05) is 37.6 Å². The lowest BCUT2D eigenvalue weighted by Crippen LogP contribution is -2.49. The van der Waals surface area contributed by atoms with Crippen molar-refractivity contribution >= 4 is 28.8 Å². The van der Waals surface area contributed by atoms with E-state index in [9.17, 15) is 9.59 Å². The van der Waals surface area contributed by atoms with Gasteiger partial charge >= 0.3 is 0 Å². The van der Waals surface area contributed by atoms with Gasteiger partial charge in [-0.15, -0.1) is 11.3 Å². The summed E-state index contributed by atoms with van der Waals surface area (Å²) in [6.45, 7) is 2.67. The first kappa shape index (κ1) is 19.7. The van der Waals surface area contributed by atoms with Crippen LogP contribution in [0.4, 0.5) is 5.69 Å². The molecule has 2 amide bonds. The van der Waals surface area contributed by atoms with Crippen LogP contribution >= 0.6 is 11.3 Å². The molecule has 8 heteroatoms. The van der Waals surface area contributed by atoms with Gasteiger partial charge in [-0.25, -0.2) is 4.98 Å². The minimum atomic E-state index is -0.165. The number of anilines is 1. The summed E-state index contributed by atoms with van der Waals surface area (Å²) < 4.78 is 5.45. The molecule has 2 fully saturated rings. The maximum Gasteiger partial charge on any atom is 0.280 e. The second-order valence-electron chi connectivity index (χ2n) is 7.44. The van der Waals surface area contributed by atoms with Crippen molar-refractivity contribution in [2.24, 2.45) is 0 Å². The van der Waals surface area contributed by atoms with E-state index in [1.165, 1.54) is 11.3 Å². The fourth-order valence-corrected chi connectivity index (χ4v) is 4.69. The third-order valence-corrected chi connectivity index (χ3v) is 6.44. The summed E-state index contributed by atoms with van der Waals surface area (Å²) in [7, 11) is 1.67. The van der Waals surface area contributed by atoms with Crippen molar-refractivity contribution in [1.29, 1.82) is 0 Å². The molecule has 0 bridgehead atoms. The predicted octanol–water partition coefficient (Wildman–Crippen LogP) is 2.79. The van der Waals surface area contributed by atoms with Crippen LogP contribution in [0.5, 0.6) is 5.75 Å². The Kier molecular flexibility index (Phi) is 5.99. The molecule has 0 radical (unpaired) electrons. The third kappa shape index (κ3) is 4.37. The van der Waals surface area contributed by atoms with Crippen molar-refractivity contribution in [2.45, 2.75) is 31.7 Å². The second kappa shape index (κ2) is 8.82. The quantitative estimate of drug-likeness (QED) is 0.814. The Morgan fingerprint density at radius 1 is 1.14 bits per heavy atom. The first-order chi connectivity index (χ1) is 14.2. The van der Waals surface area contributed by atoms with Crippen LogP contribution in [0.2, 0.25) is 0 Å². The molecule has 29 heavy (non-hydrogen) atoms. The maximum absolute atomic E-state index is 12.8. The number of aromatic nitrogens is 1. The number of amides is 2. The normalized spacial score (nSPS) is 17.4. The molecule has 0 spiro atoms. The number of piperazine rings is 1. The molecule has 2 heterocycles. The zero-order valence-corrected chi connectivity index (χ0v) is 17.4. The molecular formula is C21H26N4O3S. The van der Waals surface area contributed by atoms with Gasteiger partial charge < -0.3 is 19.9 Å². The Morgan fingerprint density at radius 2 is 1.86 bits per heavy atom. The van der Waals surface area contributed by atoms with Gasteiger partial charge in [0.25, 0.3) is 11.8 Å². The largest absolute Gasteiger partial charge is 0.495 e. The van der Waals surface area contributed by atoms with Crippen LogP contribution in [0.1, 0.15) is 46.0 Å². The predicted molar refractivity (Wildman–Crippen MR) is 113 cm³/mol. The Balaban J connectivity index is 1.35. The molecular weight excluding hydrogens is 388 g/mol. The molecule has 1 saturated carbocycles. The molecule has 1 N–H and O–H groups in total. The van der Waals surface area contributed by atoms with E-state index in [0.29, 0.717) is 23.8 Å². The van der Waals surface area contributed by atoms with E-state index in [4.69, 9.17) is 4.74 Å². The van der Waals surface area contributed by atoms with Gasteiger partial charge in [0.15, 0.2) is 5.01 Å². The minimum Gasteiger partial charge on any atom is -0.495 e. The number of nitrogens with one attached hydrogen (secondary N) is 1. The van der Waals surface area contributed by atoms with Gasteiger partial charge in [-0.05, 0) is 25.0 Å². The number of nitrogens with zero attached hydrogens (tertiary/aromatic N) is 3. The van der Waals surface area contributed by atoms with Crippen molar-refractivity contribution in [3.63, 3.8) is 0 Å². The first-order valence-electron chi connectivity index (χ1n) is 10.1. The highest BCUT2D eigenvalue weighted by atomic mass is 32.1. The van der Waals surface area contributed by atoms with Crippen LogP contribution in [-0.2, 0) is 0 Å². The molecule has 1 aromatic carbocycles. The van der Waals surface area contributed by atoms with E-state index >= 15 is 0 Å². The highest BCUT2D eigenvalue weighted by Crippen LogP contribution is 2.28. The number of hydrogen-bond acceptors (Lipinski definition) is 6. The summed E-state index contributed by atoms with van der Waals surface area (Å²) in [4.78, 5) is 33.6. The molecule has 1 aliphatic heterocycles. The van der Waals surface area contributed by atoms with Gasteiger partial charge in [0.1, 0.15) is 11.4 Å². The van der Waals surface area contributed by atoms with Crippen molar-refractivity contribution in [3.05, 3.63) is 40.3 Å². The average molecular weight is 415 g/mol. The third-order valence-electron chi connectivity index (χ3n) is 5.60. The van der Waals surface area contributed by atoms with Crippen molar-refractivity contribution in [3.8, 4) is 5.75 Å². The minimum absolute atomic E-state index is 0.110. The van der Waals surface area contributed by atoms with Gasteiger partial charge in [0.2, 0.25) is 0 Å². The van der Waals surface area contributed by atoms with Gasteiger partial charge in [0.05, 0.1) is 12.8 Å². The van der Waals surface area contributed by atoms with E-state index in [-0.39, 0.29) is 17.9 Å². The van der Waals surface area contributed by atoms with Crippen LogP contribution in [0.15, 0.2) is 29.6 Å². The highest BCUT2D eigenvalue weighted by molar-refractivity contribution is 7.11. The number of ether oxygens (including phenoxy) is 1. The smallest absolute Gasteiger partial charge is 0.280 e. The molecule has 1 aliphatic carbocycles. The molecule has 0 atom stereocenters. The van der Waals surface area contributed by atoms with E-state index in [1.54, 1.807) is 17.4 Å². The van der Waals surface area contributed by atoms with Gasteiger partial charge in [-0.2, -0.15) is 0 Å². The first-order valence-corrected chi connectivity index (χ1v) is 11.0. The Hall–Kier alpha value is -2.61. The van der Waals surface area contributed by atoms with E-state index in [0.717, 1.165) is 50.2 Å². The van der Waals surface area contributed by atoms with Crippen LogP contribution < -0.4 is 15.0 Å². The van der Waals surface area contributed by atoms with E-state index in [1.807, 2.05) is 24.3 Å². The van der Waals surface area contributed by atoms with Crippen LogP contribution in [0, 0.1) is 0 Å². The maximum atomic E-state index is 12.8. The number of thiazole rings is 1. The second-order valence-corrected chi connectivity index (χ2v) is 8.30. The molecule has 0 unspecified atom stereocenters. The molecule has 4 rings (SSSR count). The zero-order valence-electron chi connectivity index (χ0n) is 16.6. The average Bonchev–Trinajstić information content (AvgIpc) is 3.45. The summed E-state index contributed by atoms with van der Waals surface area (Å²) >= 11 is 1.24. The number of carbonyl (C=O) groups is 2. The van der Waals surface area contributed by atoms with Crippen molar-refractivity contribution < 1.29 is 14.3 Å². The standard InChI is InChI=1S/C21H26N4O3S/c1-28-18-9-5-4-8-17(18)24-10-12-25(13-11-24)21(27)16-14-29-20(23-16)19(26)22-15-6-2-3-7-15/h4-5,8-9,14-15H,2-3,6-7,10-13H2,1H3,(H,22,26). The molecule has 1 aromatic heterocycles. The highest BCUT2D eigenvalue weighted by Gasteiger charge is 2.26.